The molecule has 0 spiro atoms. The molecular weight excluding hydrogens is 230 g/mol. The molecule has 0 bridgehead atoms. The first-order valence-corrected chi connectivity index (χ1v) is 6.98. The van der Waals surface area contributed by atoms with Gasteiger partial charge in [0.05, 0.1) is 0 Å². The maximum absolute atomic E-state index is 5.75. The van der Waals surface area contributed by atoms with Crippen molar-refractivity contribution in [2.45, 2.75) is 39.5 Å². The van der Waals surface area contributed by atoms with E-state index in [4.69, 9.17) is 5.73 Å². The molecule has 0 radical (unpaired) electrons. The highest BCUT2D eigenvalue weighted by molar-refractivity contribution is 5.67. The number of nitrogen functional groups attached to an aromatic ring is 1. The predicted octanol–water partition coefficient (Wildman–Crippen LogP) is 5.18. The highest BCUT2D eigenvalue weighted by Gasteiger charge is 2.11. The second kappa shape index (κ2) is 5.48. The fourth-order valence-electron chi connectivity index (χ4n) is 2.46. The number of hydrogen-bond acceptors (Lipinski definition) is 1. The summed E-state index contributed by atoms with van der Waals surface area (Å²) in [5.74, 6) is 1.11. The van der Waals surface area contributed by atoms with Crippen LogP contribution in [0.25, 0.3) is 11.1 Å². The third kappa shape index (κ3) is 2.98. The van der Waals surface area contributed by atoms with Gasteiger partial charge >= 0.3 is 0 Å². The van der Waals surface area contributed by atoms with E-state index in [0.717, 1.165) is 5.69 Å². The lowest BCUT2D eigenvalue weighted by Crippen LogP contribution is -1.99. The Balaban J connectivity index is 2.49. The molecule has 100 valence electrons. The van der Waals surface area contributed by atoms with Crippen LogP contribution in [0.2, 0.25) is 0 Å². The van der Waals surface area contributed by atoms with Crippen molar-refractivity contribution in [1.29, 1.82) is 0 Å². The molecule has 0 saturated carbocycles. The van der Waals surface area contributed by atoms with E-state index in [0.29, 0.717) is 11.8 Å². The van der Waals surface area contributed by atoms with E-state index in [1.165, 1.54) is 22.3 Å². The fourth-order valence-corrected chi connectivity index (χ4v) is 2.46. The van der Waals surface area contributed by atoms with Gasteiger partial charge in [-0.3, -0.25) is 0 Å². The molecule has 0 aliphatic carbocycles. The Morgan fingerprint density at radius 2 is 1.21 bits per heavy atom. The van der Waals surface area contributed by atoms with Crippen LogP contribution in [0.15, 0.2) is 42.5 Å². The molecule has 1 heteroatoms. The van der Waals surface area contributed by atoms with Crippen LogP contribution in [-0.2, 0) is 0 Å². The summed E-state index contributed by atoms with van der Waals surface area (Å²) >= 11 is 0. The van der Waals surface area contributed by atoms with E-state index < -0.39 is 0 Å². The SMILES string of the molecule is CC(C)c1ccc(-c2ccc(N)cc2)cc1C(C)C. The molecule has 19 heavy (non-hydrogen) atoms. The maximum Gasteiger partial charge on any atom is 0.0314 e. The highest BCUT2D eigenvalue weighted by atomic mass is 14.5. The fraction of sp³-hybridized carbons (Fsp3) is 0.333. The third-order valence-electron chi connectivity index (χ3n) is 3.57. The molecule has 2 rings (SSSR count). The molecule has 0 aromatic heterocycles. The first kappa shape index (κ1) is 13.7. The van der Waals surface area contributed by atoms with Crippen LogP contribution in [0.5, 0.6) is 0 Å². The van der Waals surface area contributed by atoms with Crippen molar-refractivity contribution < 1.29 is 0 Å². The van der Waals surface area contributed by atoms with Gasteiger partial charge in [-0.1, -0.05) is 58.0 Å². The van der Waals surface area contributed by atoms with Gasteiger partial charge in [0.2, 0.25) is 0 Å². The molecule has 0 aliphatic rings. The number of nitrogens with two attached hydrogens (primary N) is 1. The quantitative estimate of drug-likeness (QED) is 0.749. The lowest BCUT2D eigenvalue weighted by atomic mass is 9.88. The zero-order valence-electron chi connectivity index (χ0n) is 12.3. The standard InChI is InChI=1S/C18H23N/c1-12(2)17-10-7-15(11-18(17)13(3)4)14-5-8-16(19)9-6-14/h5-13H,19H2,1-4H3. The molecule has 0 atom stereocenters. The zero-order valence-corrected chi connectivity index (χ0v) is 12.3. The van der Waals surface area contributed by atoms with Crippen molar-refractivity contribution in [3.05, 3.63) is 53.6 Å². The molecular formula is C18H23N. The lowest BCUT2D eigenvalue weighted by Gasteiger charge is -2.17. The van der Waals surface area contributed by atoms with Crippen molar-refractivity contribution in [3.63, 3.8) is 0 Å². The summed E-state index contributed by atoms with van der Waals surface area (Å²) < 4.78 is 0. The summed E-state index contributed by atoms with van der Waals surface area (Å²) in [6.45, 7) is 9.02. The van der Waals surface area contributed by atoms with E-state index in [-0.39, 0.29) is 0 Å². The Bertz CT molecular complexity index is 550. The Hall–Kier alpha value is -1.76. The third-order valence-corrected chi connectivity index (χ3v) is 3.57. The summed E-state index contributed by atoms with van der Waals surface area (Å²) in [5.41, 5.74) is 12.0. The van der Waals surface area contributed by atoms with Gasteiger partial charge in [-0.05, 0) is 46.2 Å². The zero-order chi connectivity index (χ0) is 14.0. The molecule has 0 amide bonds. The van der Waals surface area contributed by atoms with Crippen molar-refractivity contribution in [1.82, 2.24) is 0 Å². The van der Waals surface area contributed by atoms with Gasteiger partial charge in [-0.15, -0.1) is 0 Å². The first-order chi connectivity index (χ1) is 8.99. The van der Waals surface area contributed by atoms with Crippen LogP contribution >= 0.6 is 0 Å². The monoisotopic (exact) mass is 253 g/mol. The average Bonchev–Trinajstić information content (AvgIpc) is 2.38. The normalized spacial score (nSPS) is 11.3. The summed E-state index contributed by atoms with van der Waals surface area (Å²) in [7, 11) is 0. The Morgan fingerprint density at radius 3 is 1.74 bits per heavy atom. The molecule has 0 unspecified atom stereocenters. The largest absolute Gasteiger partial charge is 0.399 e. The van der Waals surface area contributed by atoms with Crippen LogP contribution in [0.3, 0.4) is 0 Å². The van der Waals surface area contributed by atoms with Gasteiger partial charge in [0, 0.05) is 5.69 Å². The second-order valence-electron chi connectivity index (χ2n) is 5.78. The van der Waals surface area contributed by atoms with Gasteiger partial charge in [-0.2, -0.15) is 0 Å². The number of anilines is 1. The van der Waals surface area contributed by atoms with E-state index in [9.17, 15) is 0 Å². The van der Waals surface area contributed by atoms with Crippen LogP contribution < -0.4 is 5.73 Å². The van der Waals surface area contributed by atoms with E-state index in [2.05, 4.69) is 58.0 Å². The molecule has 2 aromatic carbocycles. The molecule has 2 aromatic rings. The van der Waals surface area contributed by atoms with Gasteiger partial charge in [0.1, 0.15) is 0 Å². The lowest BCUT2D eigenvalue weighted by molar-refractivity contribution is 0.791. The van der Waals surface area contributed by atoms with Crippen molar-refractivity contribution in [2.75, 3.05) is 5.73 Å². The Kier molecular flexibility index (Phi) is 3.94. The van der Waals surface area contributed by atoms with Crippen molar-refractivity contribution in [3.8, 4) is 11.1 Å². The minimum absolute atomic E-state index is 0.547. The topological polar surface area (TPSA) is 26.0 Å². The average molecular weight is 253 g/mol. The molecule has 0 fully saturated rings. The van der Waals surface area contributed by atoms with Gasteiger partial charge in [-0.25, -0.2) is 0 Å². The molecule has 0 aliphatic heterocycles. The van der Waals surface area contributed by atoms with Crippen LogP contribution in [0.1, 0.15) is 50.7 Å². The van der Waals surface area contributed by atoms with Crippen molar-refractivity contribution >= 4 is 5.69 Å². The highest BCUT2D eigenvalue weighted by Crippen LogP contribution is 2.31. The van der Waals surface area contributed by atoms with Gasteiger partial charge in [0.15, 0.2) is 0 Å². The molecule has 0 heterocycles. The molecule has 2 N–H and O–H groups in total. The van der Waals surface area contributed by atoms with E-state index in [1.807, 2.05) is 12.1 Å². The van der Waals surface area contributed by atoms with Crippen LogP contribution in [0, 0.1) is 0 Å². The summed E-state index contributed by atoms with van der Waals surface area (Å²) in [5, 5.41) is 0. The predicted molar refractivity (Wildman–Crippen MR) is 84.5 cm³/mol. The second-order valence-corrected chi connectivity index (χ2v) is 5.78. The van der Waals surface area contributed by atoms with Gasteiger partial charge < -0.3 is 5.73 Å². The molecule has 1 nitrogen and oxygen atoms in total. The smallest absolute Gasteiger partial charge is 0.0314 e. The first-order valence-electron chi connectivity index (χ1n) is 6.98. The van der Waals surface area contributed by atoms with Crippen LogP contribution in [-0.4, -0.2) is 0 Å². The summed E-state index contributed by atoms with van der Waals surface area (Å²) in [4.78, 5) is 0. The van der Waals surface area contributed by atoms with Crippen molar-refractivity contribution in [2.24, 2.45) is 0 Å². The maximum atomic E-state index is 5.75. The van der Waals surface area contributed by atoms with E-state index in [1.54, 1.807) is 0 Å². The molecule has 0 saturated heterocycles. The summed E-state index contributed by atoms with van der Waals surface area (Å²) in [6, 6.07) is 14.9. The Labute approximate surface area is 116 Å². The minimum Gasteiger partial charge on any atom is -0.399 e. The summed E-state index contributed by atoms with van der Waals surface area (Å²) in [6.07, 6.45) is 0. The minimum atomic E-state index is 0.547. The van der Waals surface area contributed by atoms with E-state index >= 15 is 0 Å². The van der Waals surface area contributed by atoms with Gasteiger partial charge in [0.25, 0.3) is 0 Å². The van der Waals surface area contributed by atoms with Crippen LogP contribution in [0.4, 0.5) is 5.69 Å². The number of rotatable bonds is 3. The number of hydrogen-bond donors (Lipinski definition) is 1. The Morgan fingerprint density at radius 1 is 0.684 bits per heavy atom. The number of benzene rings is 2.